The number of carbonyl (C=O) groups is 4. The van der Waals surface area contributed by atoms with Crippen molar-refractivity contribution >= 4 is 23.6 Å². The lowest BCUT2D eigenvalue weighted by molar-refractivity contribution is -0.134. The number of hydrogen-bond donors (Lipinski definition) is 2. The van der Waals surface area contributed by atoms with Crippen LogP contribution in [-0.4, -0.2) is 107 Å². The van der Waals surface area contributed by atoms with Gasteiger partial charge in [-0.15, -0.1) is 0 Å². The number of benzene rings is 2. The average molecular weight is 584 g/mol. The number of carboxylic acids is 2. The molecule has 0 aliphatic carbocycles. The number of ketones is 1. The number of likely N-dealkylation sites (tertiary alicyclic amines) is 1. The largest absolute Gasteiger partial charge is 0.493 e. The first-order valence-electron chi connectivity index (χ1n) is 14.0. The first-order valence-corrected chi connectivity index (χ1v) is 14.0. The van der Waals surface area contributed by atoms with Crippen LogP contribution in [0.25, 0.3) is 0 Å². The number of carbonyl (C=O) groups excluding carboxylic acids is 2. The molecule has 2 aliphatic heterocycles. The Hall–Kier alpha value is -4.09. The van der Waals surface area contributed by atoms with Gasteiger partial charge in [0.2, 0.25) is 0 Å². The summed E-state index contributed by atoms with van der Waals surface area (Å²) in [7, 11) is 0. The highest BCUT2D eigenvalue weighted by molar-refractivity contribution is 5.98. The first kappa shape index (κ1) is 32.4. The van der Waals surface area contributed by atoms with E-state index in [4.69, 9.17) is 14.9 Å². The van der Waals surface area contributed by atoms with Crippen LogP contribution in [0, 0.1) is 5.82 Å². The van der Waals surface area contributed by atoms with Crippen LogP contribution in [0.2, 0.25) is 0 Å². The van der Waals surface area contributed by atoms with E-state index in [0.717, 1.165) is 19.5 Å². The molecule has 1 unspecified atom stereocenters. The van der Waals surface area contributed by atoms with Crippen molar-refractivity contribution in [2.45, 2.75) is 32.2 Å². The standard InChI is InChI=1S/C27H34FN3O3.C4H4O4/c1-21-7-5-12-30(21)13-6-18-34-23-10-11-24(25(28)19-23)26(32)20-29-14-16-31(17-15-29)27(33)22-8-3-2-4-9-22;5-3(6)1-2-4(7)8/h2-4,8-11,19,21H,5-7,12-18,20H2,1H3;1-2H,(H,5,6)(H,7,8)/b;2-1+. The van der Waals surface area contributed by atoms with Crippen LogP contribution in [0.15, 0.2) is 60.7 Å². The molecule has 2 heterocycles. The molecule has 0 aromatic heterocycles. The molecule has 226 valence electrons. The monoisotopic (exact) mass is 583 g/mol. The molecule has 2 fully saturated rings. The Bertz CT molecular complexity index is 1230. The Balaban J connectivity index is 0.000000531. The number of aliphatic carboxylic acids is 2. The number of amides is 1. The maximum atomic E-state index is 14.6. The fourth-order valence-corrected chi connectivity index (χ4v) is 4.90. The summed E-state index contributed by atoms with van der Waals surface area (Å²) in [6.45, 7) is 7.32. The first-order chi connectivity index (χ1) is 20.1. The van der Waals surface area contributed by atoms with Gasteiger partial charge in [-0.25, -0.2) is 14.0 Å². The molecule has 0 saturated carbocycles. The van der Waals surface area contributed by atoms with Crippen molar-refractivity contribution in [2.24, 2.45) is 0 Å². The highest BCUT2D eigenvalue weighted by atomic mass is 19.1. The molecule has 4 rings (SSSR count). The average Bonchev–Trinajstić information content (AvgIpc) is 3.39. The molecule has 11 heteroatoms. The normalized spacial score (nSPS) is 17.5. The number of piperazine rings is 1. The fourth-order valence-electron chi connectivity index (χ4n) is 4.90. The molecular weight excluding hydrogens is 545 g/mol. The Morgan fingerprint density at radius 3 is 2.19 bits per heavy atom. The highest BCUT2D eigenvalue weighted by Gasteiger charge is 2.24. The summed E-state index contributed by atoms with van der Waals surface area (Å²) < 4.78 is 20.3. The van der Waals surface area contributed by atoms with Crippen molar-refractivity contribution in [1.29, 1.82) is 0 Å². The summed E-state index contributed by atoms with van der Waals surface area (Å²) in [4.78, 5) is 50.6. The number of rotatable bonds is 11. The van der Waals surface area contributed by atoms with Gasteiger partial charge in [0.15, 0.2) is 5.78 Å². The second kappa shape index (κ2) is 16.4. The van der Waals surface area contributed by atoms with Crippen LogP contribution in [-0.2, 0) is 9.59 Å². The lowest BCUT2D eigenvalue weighted by atomic mass is 10.1. The second-order valence-electron chi connectivity index (χ2n) is 10.2. The van der Waals surface area contributed by atoms with E-state index in [1.165, 1.54) is 25.0 Å². The van der Waals surface area contributed by atoms with Gasteiger partial charge in [-0.2, -0.15) is 0 Å². The van der Waals surface area contributed by atoms with Crippen LogP contribution in [0.3, 0.4) is 0 Å². The number of Topliss-reactive ketones (excluding diaryl/α,β-unsaturated/α-hetero) is 1. The van der Waals surface area contributed by atoms with E-state index in [1.807, 2.05) is 35.2 Å². The van der Waals surface area contributed by atoms with E-state index in [1.54, 1.807) is 11.0 Å². The minimum absolute atomic E-state index is 0.00292. The van der Waals surface area contributed by atoms with E-state index in [9.17, 15) is 23.6 Å². The number of ether oxygens (including phenoxy) is 1. The van der Waals surface area contributed by atoms with Gasteiger partial charge in [0.1, 0.15) is 11.6 Å². The predicted molar refractivity (Wildman–Crippen MR) is 154 cm³/mol. The van der Waals surface area contributed by atoms with Gasteiger partial charge in [-0.1, -0.05) is 18.2 Å². The summed E-state index contributed by atoms with van der Waals surface area (Å²) >= 11 is 0. The van der Waals surface area contributed by atoms with Crippen LogP contribution >= 0.6 is 0 Å². The molecule has 1 amide bonds. The van der Waals surface area contributed by atoms with Crippen molar-refractivity contribution in [1.82, 2.24) is 14.7 Å². The Morgan fingerprint density at radius 2 is 1.62 bits per heavy atom. The molecule has 2 aromatic carbocycles. The molecule has 0 spiro atoms. The molecule has 2 aliphatic rings. The summed E-state index contributed by atoms with van der Waals surface area (Å²) in [5, 5.41) is 15.6. The minimum atomic E-state index is -1.26. The summed E-state index contributed by atoms with van der Waals surface area (Å²) in [6, 6.07) is 14.3. The lowest BCUT2D eigenvalue weighted by Crippen LogP contribution is -2.49. The fraction of sp³-hybridized carbons (Fsp3) is 0.419. The molecule has 0 radical (unpaired) electrons. The Labute approximate surface area is 245 Å². The molecule has 2 saturated heterocycles. The van der Waals surface area contributed by atoms with Gasteiger partial charge in [0, 0.05) is 62.5 Å². The van der Waals surface area contributed by atoms with E-state index in [-0.39, 0.29) is 23.8 Å². The molecule has 1 atom stereocenters. The molecular formula is C31H38FN3O7. The van der Waals surface area contributed by atoms with Gasteiger partial charge in [0.25, 0.3) is 5.91 Å². The lowest BCUT2D eigenvalue weighted by Gasteiger charge is -2.34. The van der Waals surface area contributed by atoms with Crippen molar-refractivity contribution in [3.63, 3.8) is 0 Å². The smallest absolute Gasteiger partial charge is 0.328 e. The number of carboxylic acid groups (broad SMARTS) is 2. The van der Waals surface area contributed by atoms with Gasteiger partial charge < -0.3 is 24.7 Å². The third kappa shape index (κ3) is 10.4. The zero-order chi connectivity index (χ0) is 30.5. The van der Waals surface area contributed by atoms with Crippen LogP contribution < -0.4 is 4.74 Å². The zero-order valence-corrected chi connectivity index (χ0v) is 23.8. The zero-order valence-electron chi connectivity index (χ0n) is 23.8. The van der Waals surface area contributed by atoms with Gasteiger partial charge in [0.05, 0.1) is 18.7 Å². The van der Waals surface area contributed by atoms with Crippen LogP contribution in [0.5, 0.6) is 5.75 Å². The second-order valence-corrected chi connectivity index (χ2v) is 10.2. The molecule has 10 nitrogen and oxygen atoms in total. The topological polar surface area (TPSA) is 128 Å². The third-order valence-electron chi connectivity index (χ3n) is 7.21. The van der Waals surface area contributed by atoms with E-state index in [0.29, 0.717) is 62.3 Å². The van der Waals surface area contributed by atoms with Gasteiger partial charge in [-0.05, 0) is 57.0 Å². The summed E-state index contributed by atoms with van der Waals surface area (Å²) in [6.07, 6.45) is 4.52. The molecule has 0 bridgehead atoms. The van der Waals surface area contributed by atoms with E-state index >= 15 is 0 Å². The van der Waals surface area contributed by atoms with Crippen molar-refractivity contribution in [2.75, 3.05) is 52.4 Å². The number of halogens is 1. The summed E-state index contributed by atoms with van der Waals surface area (Å²) in [5.74, 6) is -2.86. The maximum Gasteiger partial charge on any atom is 0.328 e. The molecule has 2 N–H and O–H groups in total. The van der Waals surface area contributed by atoms with Crippen molar-refractivity contribution in [3.8, 4) is 5.75 Å². The summed E-state index contributed by atoms with van der Waals surface area (Å²) in [5.41, 5.74) is 0.753. The van der Waals surface area contributed by atoms with Crippen molar-refractivity contribution in [3.05, 3.63) is 77.6 Å². The Kier molecular flexibility index (Phi) is 12.6. The van der Waals surface area contributed by atoms with E-state index in [2.05, 4.69) is 11.8 Å². The van der Waals surface area contributed by atoms with Crippen LogP contribution in [0.1, 0.15) is 46.9 Å². The third-order valence-corrected chi connectivity index (χ3v) is 7.21. The quantitative estimate of drug-likeness (QED) is 0.232. The number of hydrogen-bond acceptors (Lipinski definition) is 7. The van der Waals surface area contributed by atoms with Crippen molar-refractivity contribution < 1.29 is 38.5 Å². The van der Waals surface area contributed by atoms with E-state index < -0.39 is 17.8 Å². The van der Waals surface area contributed by atoms with Gasteiger partial charge in [-0.3, -0.25) is 14.5 Å². The highest BCUT2D eigenvalue weighted by Crippen LogP contribution is 2.20. The predicted octanol–water partition coefficient (Wildman–Crippen LogP) is 3.43. The van der Waals surface area contributed by atoms with Gasteiger partial charge >= 0.3 is 11.9 Å². The SMILES string of the molecule is CC1CCCN1CCCOc1ccc(C(=O)CN2CCN(C(=O)c3ccccc3)CC2)c(F)c1.O=C(O)/C=C/C(=O)O. The van der Waals surface area contributed by atoms with Crippen LogP contribution in [0.4, 0.5) is 4.39 Å². The molecule has 2 aromatic rings. The number of nitrogens with zero attached hydrogens (tertiary/aromatic N) is 3. The molecule has 42 heavy (non-hydrogen) atoms. The Morgan fingerprint density at radius 1 is 0.952 bits per heavy atom. The minimum Gasteiger partial charge on any atom is -0.493 e. The maximum absolute atomic E-state index is 14.6.